The van der Waals surface area contributed by atoms with Crippen LogP contribution in [0.4, 0.5) is 5.69 Å². The predicted molar refractivity (Wildman–Crippen MR) is 70.0 cm³/mol. The molecule has 0 aliphatic heterocycles. The summed E-state index contributed by atoms with van der Waals surface area (Å²) in [6.45, 7) is 4.62. The number of rotatable bonds is 3. The maximum absolute atomic E-state index is 5.84. The Labute approximate surface area is 101 Å². The molecule has 3 heteroatoms. The van der Waals surface area contributed by atoms with Crippen LogP contribution in [-0.2, 0) is 0 Å². The number of anilines is 1. The van der Waals surface area contributed by atoms with Crippen molar-refractivity contribution in [2.45, 2.75) is 13.8 Å². The summed E-state index contributed by atoms with van der Waals surface area (Å²) in [6.07, 6.45) is 3.53. The molecule has 0 saturated carbocycles. The quantitative estimate of drug-likeness (QED) is 0.821. The molecule has 2 N–H and O–H groups in total. The third-order valence-corrected chi connectivity index (χ3v) is 2.46. The molecule has 0 aliphatic carbocycles. The summed E-state index contributed by atoms with van der Waals surface area (Å²) in [5.41, 5.74) is 9.83. The molecular weight excluding hydrogens is 212 g/mol. The molecule has 2 rings (SSSR count). The summed E-state index contributed by atoms with van der Waals surface area (Å²) in [6, 6.07) is 7.96. The minimum Gasteiger partial charge on any atom is -0.492 e. The molecule has 0 radical (unpaired) electrons. The molecule has 17 heavy (non-hydrogen) atoms. The lowest BCUT2D eigenvalue weighted by Gasteiger charge is -2.07. The Morgan fingerprint density at radius 2 is 1.94 bits per heavy atom. The van der Waals surface area contributed by atoms with E-state index in [-0.39, 0.29) is 0 Å². The van der Waals surface area contributed by atoms with E-state index in [1.165, 1.54) is 0 Å². The first kappa shape index (κ1) is 11.5. The number of aromatic nitrogens is 1. The molecule has 0 amide bonds. The van der Waals surface area contributed by atoms with Gasteiger partial charge in [0.1, 0.15) is 5.75 Å². The van der Waals surface area contributed by atoms with Crippen LogP contribution in [0, 0.1) is 6.92 Å². The highest BCUT2D eigenvalue weighted by Crippen LogP contribution is 2.25. The summed E-state index contributed by atoms with van der Waals surface area (Å²) >= 11 is 0. The Morgan fingerprint density at radius 3 is 2.65 bits per heavy atom. The standard InChI is InChI=1S/C14H16N2O/c1-3-17-14-7-12(8-16-9-14)11-4-10(2)5-13(15)6-11/h4-9H,3,15H2,1-2H3. The van der Waals surface area contributed by atoms with Crippen molar-refractivity contribution in [3.05, 3.63) is 42.2 Å². The fourth-order valence-corrected chi connectivity index (χ4v) is 1.80. The van der Waals surface area contributed by atoms with Crippen LogP contribution in [0.1, 0.15) is 12.5 Å². The fraction of sp³-hybridized carbons (Fsp3) is 0.214. The van der Waals surface area contributed by atoms with E-state index in [4.69, 9.17) is 10.5 Å². The Morgan fingerprint density at radius 1 is 1.12 bits per heavy atom. The van der Waals surface area contributed by atoms with Crippen LogP contribution < -0.4 is 10.5 Å². The largest absolute Gasteiger partial charge is 0.492 e. The van der Waals surface area contributed by atoms with Gasteiger partial charge in [-0.25, -0.2) is 0 Å². The van der Waals surface area contributed by atoms with Crippen molar-refractivity contribution in [2.24, 2.45) is 0 Å². The van der Waals surface area contributed by atoms with Gasteiger partial charge in [-0.15, -0.1) is 0 Å². The van der Waals surface area contributed by atoms with Crippen molar-refractivity contribution >= 4 is 5.69 Å². The number of hydrogen-bond donors (Lipinski definition) is 1. The van der Waals surface area contributed by atoms with Crippen molar-refractivity contribution < 1.29 is 4.74 Å². The number of ether oxygens (including phenoxy) is 1. The number of benzene rings is 1. The van der Waals surface area contributed by atoms with Crippen LogP contribution in [-0.4, -0.2) is 11.6 Å². The molecular formula is C14H16N2O. The van der Waals surface area contributed by atoms with Gasteiger partial charge in [0.25, 0.3) is 0 Å². The second kappa shape index (κ2) is 4.87. The topological polar surface area (TPSA) is 48.1 Å². The molecule has 0 atom stereocenters. The zero-order valence-corrected chi connectivity index (χ0v) is 10.1. The second-order valence-corrected chi connectivity index (χ2v) is 3.97. The molecule has 3 nitrogen and oxygen atoms in total. The van der Waals surface area contributed by atoms with Crippen molar-refractivity contribution in [3.63, 3.8) is 0 Å². The first-order valence-electron chi connectivity index (χ1n) is 5.64. The summed E-state index contributed by atoms with van der Waals surface area (Å²) in [7, 11) is 0. The predicted octanol–water partition coefficient (Wildman–Crippen LogP) is 3.04. The summed E-state index contributed by atoms with van der Waals surface area (Å²) in [4.78, 5) is 4.17. The number of nitrogens with zero attached hydrogens (tertiary/aromatic N) is 1. The van der Waals surface area contributed by atoms with Crippen LogP contribution in [0.3, 0.4) is 0 Å². The molecule has 0 bridgehead atoms. The average Bonchev–Trinajstić information content (AvgIpc) is 2.28. The van der Waals surface area contributed by atoms with Crippen molar-refractivity contribution in [1.29, 1.82) is 0 Å². The highest BCUT2D eigenvalue weighted by molar-refractivity contribution is 5.68. The van der Waals surface area contributed by atoms with E-state index in [9.17, 15) is 0 Å². The minimum atomic E-state index is 0.640. The van der Waals surface area contributed by atoms with Gasteiger partial charge >= 0.3 is 0 Å². The molecule has 0 saturated heterocycles. The molecule has 1 heterocycles. The van der Waals surface area contributed by atoms with E-state index in [1.54, 1.807) is 6.20 Å². The monoisotopic (exact) mass is 228 g/mol. The molecule has 2 aromatic rings. The lowest BCUT2D eigenvalue weighted by molar-refractivity contribution is 0.339. The summed E-state index contributed by atoms with van der Waals surface area (Å²) < 4.78 is 5.43. The molecule has 0 aliphatic rings. The molecule has 0 spiro atoms. The van der Waals surface area contributed by atoms with Gasteiger partial charge in [0.15, 0.2) is 0 Å². The lowest BCUT2D eigenvalue weighted by Crippen LogP contribution is -1.93. The van der Waals surface area contributed by atoms with E-state index >= 15 is 0 Å². The van der Waals surface area contributed by atoms with Gasteiger partial charge in [0, 0.05) is 17.4 Å². The molecule has 88 valence electrons. The van der Waals surface area contributed by atoms with Crippen LogP contribution in [0.5, 0.6) is 5.75 Å². The highest BCUT2D eigenvalue weighted by atomic mass is 16.5. The van der Waals surface area contributed by atoms with Crippen LogP contribution in [0.2, 0.25) is 0 Å². The van der Waals surface area contributed by atoms with Crippen molar-refractivity contribution in [2.75, 3.05) is 12.3 Å². The maximum Gasteiger partial charge on any atom is 0.138 e. The number of pyridine rings is 1. The number of hydrogen-bond acceptors (Lipinski definition) is 3. The summed E-state index contributed by atoms with van der Waals surface area (Å²) in [5.74, 6) is 0.782. The average molecular weight is 228 g/mol. The van der Waals surface area contributed by atoms with Gasteiger partial charge in [0.05, 0.1) is 12.8 Å². The van der Waals surface area contributed by atoms with Crippen LogP contribution in [0.25, 0.3) is 11.1 Å². The second-order valence-electron chi connectivity index (χ2n) is 3.97. The number of aryl methyl sites for hydroxylation is 1. The van der Waals surface area contributed by atoms with E-state index in [1.807, 2.05) is 38.2 Å². The smallest absolute Gasteiger partial charge is 0.138 e. The van der Waals surface area contributed by atoms with Crippen LogP contribution in [0.15, 0.2) is 36.7 Å². The van der Waals surface area contributed by atoms with E-state index < -0.39 is 0 Å². The Balaban J connectivity index is 2.41. The first-order valence-corrected chi connectivity index (χ1v) is 5.64. The third-order valence-electron chi connectivity index (χ3n) is 2.46. The zero-order chi connectivity index (χ0) is 12.3. The zero-order valence-electron chi connectivity index (χ0n) is 10.1. The van der Waals surface area contributed by atoms with Gasteiger partial charge in [-0.05, 0) is 43.2 Å². The SMILES string of the molecule is CCOc1cncc(-c2cc(C)cc(N)c2)c1. The Kier molecular flexibility index (Phi) is 3.28. The number of nitrogens with two attached hydrogens (primary N) is 1. The van der Waals surface area contributed by atoms with Crippen LogP contribution >= 0.6 is 0 Å². The molecule has 1 aromatic heterocycles. The van der Waals surface area contributed by atoms with Crippen molar-refractivity contribution in [3.8, 4) is 16.9 Å². The Hall–Kier alpha value is -2.03. The van der Waals surface area contributed by atoms with Gasteiger partial charge < -0.3 is 10.5 Å². The van der Waals surface area contributed by atoms with E-state index in [0.717, 1.165) is 28.1 Å². The molecule has 0 unspecified atom stereocenters. The molecule has 0 fully saturated rings. The maximum atomic E-state index is 5.84. The highest BCUT2D eigenvalue weighted by Gasteiger charge is 2.02. The van der Waals surface area contributed by atoms with Gasteiger partial charge in [-0.3, -0.25) is 4.98 Å². The lowest BCUT2D eigenvalue weighted by atomic mass is 10.0. The van der Waals surface area contributed by atoms with E-state index in [2.05, 4.69) is 11.1 Å². The molecule has 1 aromatic carbocycles. The Bertz CT molecular complexity index is 503. The first-order chi connectivity index (χ1) is 8.19. The fourth-order valence-electron chi connectivity index (χ4n) is 1.80. The minimum absolute atomic E-state index is 0.640. The number of nitrogen functional groups attached to an aromatic ring is 1. The van der Waals surface area contributed by atoms with Crippen molar-refractivity contribution in [1.82, 2.24) is 4.98 Å². The van der Waals surface area contributed by atoms with Gasteiger partial charge in [-0.1, -0.05) is 6.07 Å². The van der Waals surface area contributed by atoms with Gasteiger partial charge in [-0.2, -0.15) is 0 Å². The van der Waals surface area contributed by atoms with E-state index in [0.29, 0.717) is 6.61 Å². The third kappa shape index (κ3) is 2.75. The normalized spacial score (nSPS) is 10.2. The summed E-state index contributed by atoms with van der Waals surface area (Å²) in [5, 5.41) is 0. The van der Waals surface area contributed by atoms with Gasteiger partial charge in [0.2, 0.25) is 0 Å².